The van der Waals surface area contributed by atoms with Crippen molar-refractivity contribution in [3.8, 4) is 0 Å². The van der Waals surface area contributed by atoms with Gasteiger partial charge in [0.05, 0.1) is 17.6 Å². The number of carbonyl (C=O) groups is 1. The molecule has 0 saturated carbocycles. The van der Waals surface area contributed by atoms with Crippen LogP contribution in [0.15, 0.2) is 76.4 Å². The van der Waals surface area contributed by atoms with E-state index < -0.39 is 11.2 Å². The molecule has 146 valence electrons. The van der Waals surface area contributed by atoms with Crippen LogP contribution < -0.4 is 16.6 Å². The number of aromatic amines is 1. The lowest BCUT2D eigenvalue weighted by Gasteiger charge is -2.07. The molecule has 29 heavy (non-hydrogen) atoms. The minimum absolute atomic E-state index is 0.158. The molecular formula is C22H20N4O3. The Labute approximate surface area is 166 Å². The molecule has 7 heteroatoms. The minimum Gasteiger partial charge on any atom is -0.348 e. The first-order valence-corrected chi connectivity index (χ1v) is 9.23. The van der Waals surface area contributed by atoms with E-state index in [2.05, 4.69) is 10.3 Å². The van der Waals surface area contributed by atoms with Gasteiger partial charge in [0.15, 0.2) is 0 Å². The maximum atomic E-state index is 13.0. The summed E-state index contributed by atoms with van der Waals surface area (Å²) in [6.45, 7) is 0.511. The number of fused-ring (bicyclic) bond motifs is 1. The van der Waals surface area contributed by atoms with Crippen LogP contribution in [0, 0.1) is 0 Å². The molecule has 4 rings (SSSR count). The summed E-state index contributed by atoms with van der Waals surface area (Å²) in [6.07, 6.45) is 1.56. The molecule has 2 N–H and O–H groups in total. The summed E-state index contributed by atoms with van der Waals surface area (Å²) in [7, 11) is 1.68. The summed E-state index contributed by atoms with van der Waals surface area (Å²) < 4.78 is 2.72. The Bertz CT molecular complexity index is 1280. The molecule has 0 aliphatic rings. The summed E-state index contributed by atoms with van der Waals surface area (Å²) in [5.74, 6) is -0.352. The average molecular weight is 388 g/mol. The predicted molar refractivity (Wildman–Crippen MR) is 111 cm³/mol. The van der Waals surface area contributed by atoms with Crippen molar-refractivity contribution in [3.05, 3.63) is 104 Å². The first-order chi connectivity index (χ1) is 14.0. The number of aromatic nitrogens is 3. The van der Waals surface area contributed by atoms with Crippen molar-refractivity contribution in [1.29, 1.82) is 0 Å². The number of hydrogen-bond acceptors (Lipinski definition) is 3. The highest BCUT2D eigenvalue weighted by Crippen LogP contribution is 2.14. The molecule has 7 nitrogen and oxygen atoms in total. The number of benzene rings is 2. The Hall–Kier alpha value is -3.87. The lowest BCUT2D eigenvalue weighted by molar-refractivity contribution is 0.0952. The van der Waals surface area contributed by atoms with Crippen molar-refractivity contribution >= 4 is 16.9 Å². The minimum atomic E-state index is -0.547. The first-order valence-electron chi connectivity index (χ1n) is 9.23. The number of nitrogens with zero attached hydrogens (tertiary/aromatic N) is 2. The highest BCUT2D eigenvalue weighted by Gasteiger charge is 2.19. The molecule has 0 radical (unpaired) electrons. The highest BCUT2D eigenvalue weighted by molar-refractivity contribution is 6.05. The third kappa shape index (κ3) is 3.62. The Morgan fingerprint density at radius 1 is 0.966 bits per heavy atom. The van der Waals surface area contributed by atoms with Crippen molar-refractivity contribution in [2.45, 2.75) is 13.1 Å². The van der Waals surface area contributed by atoms with E-state index in [-0.39, 0.29) is 29.0 Å². The van der Waals surface area contributed by atoms with Gasteiger partial charge in [-0.3, -0.25) is 14.2 Å². The summed E-state index contributed by atoms with van der Waals surface area (Å²) in [6, 6.07) is 18.8. The van der Waals surface area contributed by atoms with Crippen LogP contribution in [-0.2, 0) is 20.1 Å². The van der Waals surface area contributed by atoms with Gasteiger partial charge in [-0.2, -0.15) is 0 Å². The molecule has 1 amide bonds. The number of nitrogens with one attached hydrogen (secondary N) is 2. The van der Waals surface area contributed by atoms with Gasteiger partial charge in [-0.25, -0.2) is 4.79 Å². The Morgan fingerprint density at radius 3 is 2.24 bits per heavy atom. The maximum absolute atomic E-state index is 13.0. The molecule has 0 aliphatic carbocycles. The molecule has 0 atom stereocenters. The average Bonchev–Trinajstić information content (AvgIpc) is 3.07. The number of rotatable bonds is 5. The van der Waals surface area contributed by atoms with Gasteiger partial charge in [-0.1, -0.05) is 60.7 Å². The zero-order valence-corrected chi connectivity index (χ0v) is 15.9. The van der Waals surface area contributed by atoms with E-state index in [1.54, 1.807) is 17.8 Å². The second-order valence-corrected chi connectivity index (χ2v) is 6.85. The summed E-state index contributed by atoms with van der Waals surface area (Å²) in [5, 5.41) is 2.83. The highest BCUT2D eigenvalue weighted by atomic mass is 16.2. The maximum Gasteiger partial charge on any atom is 0.329 e. The molecule has 0 spiro atoms. The summed E-state index contributed by atoms with van der Waals surface area (Å²) in [4.78, 5) is 41.0. The molecule has 0 bridgehead atoms. The molecule has 0 saturated heterocycles. The van der Waals surface area contributed by atoms with E-state index in [9.17, 15) is 14.4 Å². The van der Waals surface area contributed by atoms with Gasteiger partial charge in [-0.05, 0) is 11.1 Å². The second-order valence-electron chi connectivity index (χ2n) is 6.85. The number of H-pyrrole nitrogens is 1. The predicted octanol–water partition coefficient (Wildman–Crippen LogP) is 2.01. The number of hydrogen-bond donors (Lipinski definition) is 2. The van der Waals surface area contributed by atoms with Gasteiger partial charge in [0.25, 0.3) is 11.5 Å². The van der Waals surface area contributed by atoms with Gasteiger partial charge in [0, 0.05) is 19.8 Å². The first kappa shape index (κ1) is 18.5. The van der Waals surface area contributed by atoms with E-state index in [1.807, 2.05) is 60.7 Å². The Morgan fingerprint density at radius 2 is 1.59 bits per heavy atom. The third-order valence-electron chi connectivity index (χ3n) is 4.83. The molecular weight excluding hydrogens is 368 g/mol. The van der Waals surface area contributed by atoms with E-state index in [1.165, 1.54) is 0 Å². The van der Waals surface area contributed by atoms with Crippen LogP contribution in [0.25, 0.3) is 11.0 Å². The molecule has 0 aliphatic heterocycles. The second kappa shape index (κ2) is 7.63. The van der Waals surface area contributed by atoms with E-state index in [4.69, 9.17) is 0 Å². The smallest absolute Gasteiger partial charge is 0.329 e. The van der Waals surface area contributed by atoms with Gasteiger partial charge in [0.1, 0.15) is 5.52 Å². The van der Waals surface area contributed by atoms with E-state index >= 15 is 0 Å². The van der Waals surface area contributed by atoms with Crippen LogP contribution in [-0.4, -0.2) is 20.0 Å². The molecule has 0 fully saturated rings. The van der Waals surface area contributed by atoms with Crippen LogP contribution in [0.3, 0.4) is 0 Å². The lowest BCUT2D eigenvalue weighted by atomic mass is 10.2. The topological polar surface area (TPSA) is 88.9 Å². The zero-order chi connectivity index (χ0) is 20.4. The van der Waals surface area contributed by atoms with Gasteiger partial charge in [0.2, 0.25) is 0 Å². The summed E-state index contributed by atoms with van der Waals surface area (Å²) in [5.41, 5.74) is 1.61. The van der Waals surface area contributed by atoms with Crippen molar-refractivity contribution in [3.63, 3.8) is 0 Å². The SMILES string of the molecule is Cn1cc(C(=O)NCc2ccccc2)c2[nH]c(=O)n(Cc3ccccc3)c(=O)c21. The van der Waals surface area contributed by atoms with Crippen LogP contribution in [0.4, 0.5) is 0 Å². The van der Waals surface area contributed by atoms with E-state index in [0.717, 1.165) is 15.7 Å². The monoisotopic (exact) mass is 388 g/mol. The fourth-order valence-corrected chi connectivity index (χ4v) is 3.36. The lowest BCUT2D eigenvalue weighted by Crippen LogP contribution is -2.36. The third-order valence-corrected chi connectivity index (χ3v) is 4.83. The van der Waals surface area contributed by atoms with Crippen LogP contribution in [0.1, 0.15) is 21.5 Å². The number of carbonyl (C=O) groups excluding carboxylic acids is 1. The Kier molecular flexibility index (Phi) is 4.87. The van der Waals surface area contributed by atoms with Crippen molar-refractivity contribution in [1.82, 2.24) is 19.4 Å². The van der Waals surface area contributed by atoms with Crippen molar-refractivity contribution < 1.29 is 4.79 Å². The number of aryl methyl sites for hydroxylation is 1. The van der Waals surface area contributed by atoms with Gasteiger partial charge in [-0.15, -0.1) is 0 Å². The van der Waals surface area contributed by atoms with Crippen LogP contribution in [0.5, 0.6) is 0 Å². The number of amides is 1. The Balaban J connectivity index is 1.70. The largest absolute Gasteiger partial charge is 0.348 e. The van der Waals surface area contributed by atoms with Gasteiger partial charge >= 0.3 is 5.69 Å². The van der Waals surface area contributed by atoms with Gasteiger partial charge < -0.3 is 14.9 Å². The molecule has 2 aromatic heterocycles. The van der Waals surface area contributed by atoms with E-state index in [0.29, 0.717) is 6.54 Å². The zero-order valence-electron chi connectivity index (χ0n) is 15.9. The fourth-order valence-electron chi connectivity index (χ4n) is 3.36. The molecule has 0 unspecified atom stereocenters. The molecule has 2 heterocycles. The van der Waals surface area contributed by atoms with Crippen LogP contribution >= 0.6 is 0 Å². The van der Waals surface area contributed by atoms with Crippen molar-refractivity contribution in [2.75, 3.05) is 0 Å². The quantitative estimate of drug-likeness (QED) is 0.548. The van der Waals surface area contributed by atoms with Crippen LogP contribution in [0.2, 0.25) is 0 Å². The standard InChI is InChI=1S/C22H20N4O3/c1-25-14-17(20(27)23-12-15-8-4-2-5-9-15)18-19(25)21(28)26(22(29)24-18)13-16-10-6-3-7-11-16/h2-11,14H,12-13H2,1H3,(H,23,27)(H,24,29). The molecule has 4 aromatic rings. The normalized spacial score (nSPS) is 10.9. The van der Waals surface area contributed by atoms with Crippen molar-refractivity contribution in [2.24, 2.45) is 7.05 Å². The summed E-state index contributed by atoms with van der Waals surface area (Å²) >= 11 is 0. The molecule has 2 aromatic carbocycles. The fraction of sp³-hybridized carbons (Fsp3) is 0.136.